The smallest absolute Gasteiger partial charge is 0.244 e. The molecule has 4 rings (SSSR count). The molecule has 2 aromatic heterocycles. The highest BCUT2D eigenvalue weighted by Crippen LogP contribution is 2.26. The molecule has 0 spiro atoms. The summed E-state index contributed by atoms with van der Waals surface area (Å²) in [6.45, 7) is 4.44. The molecule has 0 N–H and O–H groups in total. The minimum Gasteiger partial charge on any atom is -0.341 e. The highest BCUT2D eigenvalue weighted by Gasteiger charge is 2.31. The van der Waals surface area contributed by atoms with Gasteiger partial charge in [-0.15, -0.1) is 11.3 Å². The Morgan fingerprint density at radius 3 is 2.67 bits per heavy atom. The average molecular weight is 423 g/mol. The van der Waals surface area contributed by atoms with E-state index in [1.165, 1.54) is 10.4 Å². The lowest BCUT2D eigenvalue weighted by Gasteiger charge is -2.23. The van der Waals surface area contributed by atoms with E-state index in [1.54, 1.807) is 34.5 Å². The van der Waals surface area contributed by atoms with Crippen LogP contribution in [0.3, 0.4) is 0 Å². The maximum absolute atomic E-state index is 13.1. The quantitative estimate of drug-likeness (QED) is 0.613. The molecule has 1 fully saturated rings. The first kappa shape index (κ1) is 20.3. The third-order valence-electron chi connectivity index (χ3n) is 5.57. The molecular weight excluding hydrogens is 396 g/mol. The normalized spacial score (nSPS) is 17.2. The summed E-state index contributed by atoms with van der Waals surface area (Å²) >= 11 is 1.72. The monoisotopic (exact) mass is 422 g/mol. The summed E-state index contributed by atoms with van der Waals surface area (Å²) in [5.74, 6) is -0.0988. The third-order valence-corrected chi connectivity index (χ3v) is 6.49. The van der Waals surface area contributed by atoms with E-state index in [2.05, 4.69) is 40.8 Å². The molecule has 0 aliphatic carbocycles. The Kier molecular flexibility index (Phi) is 6.28. The van der Waals surface area contributed by atoms with Crippen LogP contribution in [0.4, 0.5) is 0 Å². The van der Waals surface area contributed by atoms with Gasteiger partial charge in [-0.25, -0.2) is 0 Å². The lowest BCUT2D eigenvalue weighted by molar-refractivity contribution is -0.135. The zero-order valence-electron chi connectivity index (χ0n) is 17.1. The molecular formula is C23H26N4O2S. The summed E-state index contributed by atoms with van der Waals surface area (Å²) in [4.78, 5) is 30.8. The first-order valence-corrected chi connectivity index (χ1v) is 11.2. The number of nitrogens with zero attached hydrogens (tertiary/aromatic N) is 4. The second-order valence-electron chi connectivity index (χ2n) is 7.54. The molecule has 1 aliphatic heterocycles. The van der Waals surface area contributed by atoms with Gasteiger partial charge in [0.25, 0.3) is 0 Å². The zero-order valence-corrected chi connectivity index (χ0v) is 17.9. The van der Waals surface area contributed by atoms with Gasteiger partial charge in [-0.3, -0.25) is 14.3 Å². The van der Waals surface area contributed by atoms with Crippen LogP contribution in [0, 0.1) is 5.92 Å². The average Bonchev–Trinajstić information content (AvgIpc) is 3.44. The molecule has 1 unspecified atom stereocenters. The summed E-state index contributed by atoms with van der Waals surface area (Å²) in [6, 6.07) is 14.4. The van der Waals surface area contributed by atoms with Crippen molar-refractivity contribution in [2.75, 3.05) is 26.2 Å². The van der Waals surface area contributed by atoms with Gasteiger partial charge in [0.1, 0.15) is 6.54 Å². The maximum Gasteiger partial charge on any atom is 0.244 e. The van der Waals surface area contributed by atoms with E-state index in [0.29, 0.717) is 32.6 Å². The molecule has 0 saturated carbocycles. The third kappa shape index (κ3) is 4.62. The second kappa shape index (κ2) is 9.26. The predicted octanol–water partition coefficient (Wildman–Crippen LogP) is 3.16. The van der Waals surface area contributed by atoms with Crippen LogP contribution in [0.5, 0.6) is 0 Å². The van der Waals surface area contributed by atoms with Gasteiger partial charge in [-0.05, 0) is 42.0 Å². The Morgan fingerprint density at radius 2 is 2.00 bits per heavy atom. The van der Waals surface area contributed by atoms with Gasteiger partial charge in [0.15, 0.2) is 0 Å². The van der Waals surface area contributed by atoms with Gasteiger partial charge in [0, 0.05) is 43.4 Å². The molecule has 1 atom stereocenters. The summed E-state index contributed by atoms with van der Waals surface area (Å²) in [6.07, 6.45) is 4.08. The topological polar surface area (TPSA) is 58.4 Å². The van der Waals surface area contributed by atoms with E-state index in [0.717, 1.165) is 5.56 Å². The first-order valence-electron chi connectivity index (χ1n) is 10.3. The molecule has 30 heavy (non-hydrogen) atoms. The van der Waals surface area contributed by atoms with Crippen molar-refractivity contribution in [3.05, 3.63) is 65.8 Å². The number of aromatic nitrogens is 2. The van der Waals surface area contributed by atoms with Gasteiger partial charge in [0.2, 0.25) is 11.8 Å². The van der Waals surface area contributed by atoms with Crippen molar-refractivity contribution >= 4 is 23.2 Å². The van der Waals surface area contributed by atoms with Crippen LogP contribution in [0.15, 0.2) is 60.2 Å². The SMILES string of the molecule is CCN1CCN(C(=O)Cn2cccn2)CC(Cc2ccc(-c3cccs3)cc2)C1=O. The molecule has 156 valence electrons. The molecule has 1 saturated heterocycles. The van der Waals surface area contributed by atoms with Crippen molar-refractivity contribution in [3.8, 4) is 10.4 Å². The zero-order chi connectivity index (χ0) is 20.9. The van der Waals surface area contributed by atoms with E-state index in [9.17, 15) is 9.59 Å². The van der Waals surface area contributed by atoms with Crippen LogP contribution in [0.2, 0.25) is 0 Å². The van der Waals surface area contributed by atoms with Crippen LogP contribution in [-0.4, -0.2) is 57.6 Å². The van der Waals surface area contributed by atoms with E-state index in [-0.39, 0.29) is 24.3 Å². The van der Waals surface area contributed by atoms with Gasteiger partial charge in [0.05, 0.1) is 5.92 Å². The van der Waals surface area contributed by atoms with Crippen LogP contribution in [0.25, 0.3) is 10.4 Å². The number of hydrogen-bond donors (Lipinski definition) is 0. The van der Waals surface area contributed by atoms with Crippen molar-refractivity contribution in [2.45, 2.75) is 19.9 Å². The lowest BCUT2D eigenvalue weighted by atomic mass is 9.96. The standard InChI is InChI=1S/C23H26N4O2S/c1-2-25-12-13-26(22(28)17-27-11-4-10-24-27)16-20(23(25)29)15-18-6-8-19(9-7-18)21-5-3-14-30-21/h3-11,14,20H,2,12-13,15-17H2,1H3. The van der Waals surface area contributed by atoms with Gasteiger partial charge in [-0.1, -0.05) is 30.3 Å². The fraction of sp³-hybridized carbons (Fsp3) is 0.348. The molecule has 7 heteroatoms. The molecule has 1 aromatic carbocycles. The minimum atomic E-state index is -0.235. The Morgan fingerprint density at radius 1 is 1.17 bits per heavy atom. The summed E-state index contributed by atoms with van der Waals surface area (Å²) in [5.41, 5.74) is 2.30. The minimum absolute atomic E-state index is 0.00231. The van der Waals surface area contributed by atoms with Crippen LogP contribution in [-0.2, 0) is 22.6 Å². The number of thiophene rings is 1. The van der Waals surface area contributed by atoms with E-state index < -0.39 is 0 Å². The fourth-order valence-corrected chi connectivity index (χ4v) is 4.64. The number of likely N-dealkylation sites (N-methyl/N-ethyl adjacent to an activating group) is 1. The fourth-order valence-electron chi connectivity index (χ4n) is 3.90. The summed E-state index contributed by atoms with van der Waals surface area (Å²) < 4.78 is 1.63. The van der Waals surface area contributed by atoms with E-state index >= 15 is 0 Å². The van der Waals surface area contributed by atoms with E-state index in [4.69, 9.17) is 0 Å². The van der Waals surface area contributed by atoms with Crippen LogP contribution >= 0.6 is 11.3 Å². The molecule has 0 radical (unpaired) electrons. The number of benzene rings is 1. The van der Waals surface area contributed by atoms with Crippen molar-refractivity contribution in [1.29, 1.82) is 0 Å². The lowest BCUT2D eigenvalue weighted by Crippen LogP contribution is -2.39. The second-order valence-corrected chi connectivity index (χ2v) is 8.48. The highest BCUT2D eigenvalue weighted by atomic mass is 32.1. The predicted molar refractivity (Wildman–Crippen MR) is 118 cm³/mol. The van der Waals surface area contributed by atoms with Gasteiger partial charge < -0.3 is 9.80 Å². The molecule has 3 aromatic rings. The maximum atomic E-state index is 13.1. The molecule has 3 heterocycles. The Hall–Kier alpha value is -2.93. The summed E-state index contributed by atoms with van der Waals surface area (Å²) in [7, 11) is 0. The molecule has 2 amide bonds. The van der Waals surface area contributed by atoms with Crippen LogP contribution < -0.4 is 0 Å². The molecule has 0 bridgehead atoms. The summed E-state index contributed by atoms with van der Waals surface area (Å²) in [5, 5.41) is 6.20. The van der Waals surface area contributed by atoms with Gasteiger partial charge in [-0.2, -0.15) is 5.10 Å². The van der Waals surface area contributed by atoms with E-state index in [1.807, 2.05) is 22.8 Å². The number of carbonyl (C=O) groups is 2. The van der Waals surface area contributed by atoms with Gasteiger partial charge >= 0.3 is 0 Å². The van der Waals surface area contributed by atoms with Crippen molar-refractivity contribution in [3.63, 3.8) is 0 Å². The molecule has 1 aliphatic rings. The first-order chi connectivity index (χ1) is 14.6. The Balaban J connectivity index is 1.48. The van der Waals surface area contributed by atoms with Crippen molar-refractivity contribution < 1.29 is 9.59 Å². The number of hydrogen-bond acceptors (Lipinski definition) is 4. The Bertz CT molecular complexity index is 967. The van der Waals surface area contributed by atoms with Crippen molar-refractivity contribution in [1.82, 2.24) is 19.6 Å². The highest BCUT2D eigenvalue weighted by molar-refractivity contribution is 7.13. The number of rotatable bonds is 6. The Labute approximate surface area is 180 Å². The molecule has 6 nitrogen and oxygen atoms in total. The largest absolute Gasteiger partial charge is 0.341 e. The number of amides is 2. The number of carbonyl (C=O) groups excluding carboxylic acids is 2. The van der Waals surface area contributed by atoms with Crippen LogP contribution in [0.1, 0.15) is 12.5 Å². The van der Waals surface area contributed by atoms with Crippen molar-refractivity contribution in [2.24, 2.45) is 5.92 Å².